The molecule has 0 radical (unpaired) electrons. The van der Waals surface area contributed by atoms with Gasteiger partial charge < -0.3 is 34.6 Å². The van der Waals surface area contributed by atoms with Gasteiger partial charge in [0, 0.05) is 42.3 Å². The number of fused-ring (bicyclic) bond motifs is 1. The summed E-state index contributed by atoms with van der Waals surface area (Å²) in [6.07, 6.45) is 3.92. The van der Waals surface area contributed by atoms with E-state index in [-0.39, 0.29) is 36.9 Å². The Morgan fingerprint density at radius 2 is 1.75 bits per heavy atom. The van der Waals surface area contributed by atoms with Crippen LogP contribution in [-0.4, -0.2) is 95.2 Å². The quantitative estimate of drug-likeness (QED) is 0.124. The zero-order valence-corrected chi connectivity index (χ0v) is 31.9. The highest BCUT2D eigenvalue weighted by Gasteiger charge is 2.77. The predicted molar refractivity (Wildman–Crippen MR) is 204 cm³/mol. The number of alkyl halides is 1. The molecule has 52 heavy (non-hydrogen) atoms. The number of nitrogens with zero attached hydrogens (tertiary/aromatic N) is 3. The first kappa shape index (κ1) is 39.2. The number of ether oxygens (including phenoxy) is 2. The largest absolute Gasteiger partial charge is 0.463 e. The molecule has 0 aliphatic carbocycles. The number of allylic oxidation sites excluding steroid dienone is 1. The summed E-state index contributed by atoms with van der Waals surface area (Å²) < 4.78 is 12.3. The van der Waals surface area contributed by atoms with E-state index in [1.54, 1.807) is 17.1 Å². The van der Waals surface area contributed by atoms with Gasteiger partial charge in [-0.3, -0.25) is 19.2 Å². The lowest BCUT2D eigenvalue weighted by Gasteiger charge is -2.39. The van der Waals surface area contributed by atoms with Crippen molar-refractivity contribution in [2.45, 2.75) is 81.1 Å². The minimum Gasteiger partial charge on any atom is -0.463 e. The van der Waals surface area contributed by atoms with Gasteiger partial charge in [0.25, 0.3) is 5.91 Å². The van der Waals surface area contributed by atoms with Crippen molar-refractivity contribution in [2.24, 2.45) is 11.8 Å². The molecule has 11 nitrogen and oxygen atoms in total. The lowest BCUT2D eigenvalue weighted by molar-refractivity contribution is -0.146. The number of aliphatic hydroxyl groups is 1. The van der Waals surface area contributed by atoms with Crippen molar-refractivity contribution in [3.05, 3.63) is 85.5 Å². The van der Waals surface area contributed by atoms with Crippen LogP contribution in [0.3, 0.4) is 0 Å². The number of likely N-dealkylation sites (tertiary alicyclic amines) is 1. The second-order valence-electron chi connectivity index (χ2n) is 13.6. The van der Waals surface area contributed by atoms with Gasteiger partial charge in [-0.05, 0) is 62.9 Å². The highest BCUT2D eigenvalue weighted by Crippen LogP contribution is 2.60. The molecule has 1 spiro atoms. The molecule has 8 atom stereocenters. The number of rotatable bonds is 18. The first-order chi connectivity index (χ1) is 25.1. The van der Waals surface area contributed by atoms with E-state index in [9.17, 15) is 24.3 Å². The summed E-state index contributed by atoms with van der Waals surface area (Å²) in [5.41, 5.74) is 1.05. The van der Waals surface area contributed by atoms with E-state index in [1.165, 1.54) is 4.90 Å². The third-order valence-electron chi connectivity index (χ3n) is 10.7. The van der Waals surface area contributed by atoms with Gasteiger partial charge in [-0.1, -0.05) is 65.3 Å². The molecule has 5 rings (SSSR count). The van der Waals surface area contributed by atoms with Crippen LogP contribution in [0.25, 0.3) is 0 Å². The fourth-order valence-corrected chi connectivity index (χ4v) is 9.07. The average molecular weight is 780 g/mol. The first-order valence-corrected chi connectivity index (χ1v) is 19.2. The van der Waals surface area contributed by atoms with E-state index < -0.39 is 59.5 Å². The summed E-state index contributed by atoms with van der Waals surface area (Å²) in [6.45, 7) is 15.0. The van der Waals surface area contributed by atoms with Crippen LogP contribution in [-0.2, 0) is 28.7 Å². The summed E-state index contributed by atoms with van der Waals surface area (Å²) in [6, 6.07) is 14.4. The topological polar surface area (TPSA) is 129 Å². The molecule has 0 saturated carbocycles. The van der Waals surface area contributed by atoms with Crippen molar-refractivity contribution < 1.29 is 33.8 Å². The van der Waals surface area contributed by atoms with Crippen LogP contribution in [0.5, 0.6) is 0 Å². The third kappa shape index (κ3) is 7.43. The van der Waals surface area contributed by atoms with E-state index in [2.05, 4.69) is 53.2 Å². The summed E-state index contributed by atoms with van der Waals surface area (Å²) in [4.78, 5) is 61.5. The van der Waals surface area contributed by atoms with Crippen molar-refractivity contribution in [3.8, 4) is 0 Å². The highest BCUT2D eigenvalue weighted by atomic mass is 79.9. The number of amides is 3. The summed E-state index contributed by atoms with van der Waals surface area (Å²) in [7, 11) is 0. The molecular formula is C40H51BrN4O7. The van der Waals surface area contributed by atoms with Crippen molar-refractivity contribution in [1.82, 2.24) is 10.2 Å². The van der Waals surface area contributed by atoms with E-state index >= 15 is 0 Å². The number of halogens is 1. The van der Waals surface area contributed by atoms with E-state index in [1.807, 2.05) is 61.5 Å². The van der Waals surface area contributed by atoms with Gasteiger partial charge >= 0.3 is 5.97 Å². The Morgan fingerprint density at radius 3 is 2.35 bits per heavy atom. The van der Waals surface area contributed by atoms with Gasteiger partial charge in [0.15, 0.2) is 0 Å². The van der Waals surface area contributed by atoms with E-state index in [0.717, 1.165) is 24.3 Å². The molecule has 2 aromatic rings. The van der Waals surface area contributed by atoms with Crippen molar-refractivity contribution >= 4 is 51.0 Å². The number of hydrogen-bond acceptors (Lipinski definition) is 8. The monoisotopic (exact) mass is 778 g/mol. The van der Waals surface area contributed by atoms with E-state index in [4.69, 9.17) is 9.47 Å². The molecule has 3 saturated heterocycles. The number of aliphatic hydroxyl groups excluding tert-OH is 1. The number of anilines is 2. The lowest BCUT2D eigenvalue weighted by atomic mass is 9.70. The van der Waals surface area contributed by atoms with Crippen molar-refractivity contribution in [1.29, 1.82) is 0 Å². The van der Waals surface area contributed by atoms with Crippen molar-refractivity contribution in [3.63, 3.8) is 0 Å². The average Bonchev–Trinajstić information content (AvgIpc) is 3.76. The Bertz CT molecular complexity index is 1600. The summed E-state index contributed by atoms with van der Waals surface area (Å²) >= 11 is 3.75. The summed E-state index contributed by atoms with van der Waals surface area (Å²) in [5.74, 6) is -3.56. The molecule has 2 bridgehead atoms. The molecule has 3 amide bonds. The molecule has 3 aliphatic heterocycles. The molecule has 3 heterocycles. The zero-order chi connectivity index (χ0) is 37.6. The Morgan fingerprint density at radius 1 is 1.08 bits per heavy atom. The Kier molecular flexibility index (Phi) is 13.0. The highest BCUT2D eigenvalue weighted by molar-refractivity contribution is 9.09. The van der Waals surface area contributed by atoms with Crippen LogP contribution in [0.4, 0.5) is 11.4 Å². The van der Waals surface area contributed by atoms with Crippen LogP contribution >= 0.6 is 15.9 Å². The number of nitrogens with one attached hydrogen (secondary N) is 1. The maximum absolute atomic E-state index is 15.0. The molecule has 2 aromatic carbocycles. The molecular weight excluding hydrogens is 728 g/mol. The first-order valence-electron chi connectivity index (χ1n) is 18.2. The van der Waals surface area contributed by atoms with Crippen LogP contribution in [0.2, 0.25) is 0 Å². The molecule has 2 N–H and O–H groups in total. The maximum Gasteiger partial charge on any atom is 0.306 e. The number of esters is 1. The van der Waals surface area contributed by atoms with Crippen molar-refractivity contribution in [2.75, 3.05) is 42.6 Å². The SMILES string of the molecule is C=CCCC(=O)OC[C@H](NC(=O)[C@H]1[C@@H]2O[C@@]3(CC2Br)[C@@H]1C(=O)N([C@@H](CC)CO)[C@@H]3C(=O)N(CC=C)c1ccc(N(CC)CC)cc1)c1ccccc1. The van der Waals surface area contributed by atoms with Gasteiger partial charge in [0.05, 0.1) is 36.6 Å². The van der Waals surface area contributed by atoms with Crippen LogP contribution < -0.4 is 15.1 Å². The summed E-state index contributed by atoms with van der Waals surface area (Å²) in [5, 5.41) is 13.6. The normalized spacial score (nSPS) is 25.6. The standard InChI is InChI=1S/C40H51BrN4O7/c1-6-11-17-32(47)51-25-31(26-15-13-12-14-16-26)42-37(48)33-34-38(49)45(27(8-3)24-46)36(40(34)23-30(41)35(33)52-40)39(50)44(22-7-2)29-20-18-28(19-21-29)43(9-4)10-5/h6-7,12-16,18-21,27,30-31,33-36,46H,1-2,8-11,17,22-25H2,3-5H3,(H,42,48)/t27-,30?,31-,33+,34-,35+,36+,40-/m0/s1. The van der Waals surface area contributed by atoms with Crippen LogP contribution in [0, 0.1) is 11.8 Å². The maximum atomic E-state index is 15.0. The number of carbonyl (C=O) groups is 4. The van der Waals surface area contributed by atoms with Gasteiger partial charge in [-0.2, -0.15) is 0 Å². The Hall–Kier alpha value is -4.00. The molecule has 0 aromatic heterocycles. The smallest absolute Gasteiger partial charge is 0.306 e. The zero-order valence-electron chi connectivity index (χ0n) is 30.3. The number of hydrogen-bond donors (Lipinski definition) is 2. The Balaban J connectivity index is 1.50. The molecule has 1 unspecified atom stereocenters. The second-order valence-corrected chi connectivity index (χ2v) is 14.7. The fourth-order valence-electron chi connectivity index (χ4n) is 8.13. The molecule has 280 valence electrons. The number of carbonyl (C=O) groups excluding carboxylic acids is 4. The number of benzene rings is 2. The Labute approximate surface area is 315 Å². The third-order valence-corrected chi connectivity index (χ3v) is 11.5. The van der Waals surface area contributed by atoms with Crippen LogP contribution in [0.15, 0.2) is 79.9 Å². The predicted octanol–water partition coefficient (Wildman–Crippen LogP) is 4.94. The van der Waals surface area contributed by atoms with Gasteiger partial charge in [-0.25, -0.2) is 0 Å². The minimum atomic E-state index is -1.34. The van der Waals surface area contributed by atoms with Gasteiger partial charge in [0.2, 0.25) is 11.8 Å². The van der Waals surface area contributed by atoms with Gasteiger partial charge in [-0.15, -0.1) is 13.2 Å². The van der Waals surface area contributed by atoms with Crippen LogP contribution in [0.1, 0.15) is 58.1 Å². The molecule has 3 fully saturated rings. The second kappa shape index (κ2) is 17.2. The van der Waals surface area contributed by atoms with E-state index in [0.29, 0.717) is 24.9 Å². The van der Waals surface area contributed by atoms with Gasteiger partial charge in [0.1, 0.15) is 18.2 Å². The molecule has 12 heteroatoms. The lowest BCUT2D eigenvalue weighted by Crippen LogP contribution is -2.59. The minimum absolute atomic E-state index is 0.106. The fraction of sp³-hybridized carbons (Fsp3) is 0.500. The molecule has 3 aliphatic rings.